The van der Waals surface area contributed by atoms with E-state index in [2.05, 4.69) is 0 Å². The number of carbonyl (C=O) groups is 2. The van der Waals surface area contributed by atoms with Crippen LogP contribution in [-0.2, 0) is 4.74 Å². The highest BCUT2D eigenvalue weighted by Gasteiger charge is 2.31. The first-order chi connectivity index (χ1) is 13.1. The predicted octanol–water partition coefficient (Wildman–Crippen LogP) is 4.43. The predicted molar refractivity (Wildman–Crippen MR) is 101 cm³/mol. The maximum atomic E-state index is 14.6. The first kappa shape index (κ1) is 20.4. The van der Waals surface area contributed by atoms with Crippen molar-refractivity contribution in [1.82, 2.24) is 4.90 Å². The molecule has 1 aromatic rings. The van der Waals surface area contributed by atoms with E-state index >= 15 is 0 Å². The number of hydrogen-bond acceptors (Lipinski definition) is 4. The van der Waals surface area contributed by atoms with Gasteiger partial charge in [0.2, 0.25) is 0 Å². The third kappa shape index (κ3) is 5.14. The Morgan fingerprint density at radius 3 is 2.57 bits per heavy atom. The van der Waals surface area contributed by atoms with Crippen LogP contribution >= 0.6 is 0 Å². The van der Waals surface area contributed by atoms with E-state index in [9.17, 15) is 14.0 Å². The van der Waals surface area contributed by atoms with Crippen molar-refractivity contribution in [3.05, 3.63) is 29.1 Å². The summed E-state index contributed by atoms with van der Waals surface area (Å²) >= 11 is 0. The minimum atomic E-state index is -0.920. The molecule has 1 saturated carbocycles. The van der Waals surface area contributed by atoms with E-state index in [-0.39, 0.29) is 17.4 Å². The molecule has 0 aromatic heterocycles. The van der Waals surface area contributed by atoms with Crippen molar-refractivity contribution in [2.24, 2.45) is 5.92 Å². The number of likely N-dealkylation sites (tertiary alicyclic amines) is 1. The van der Waals surface area contributed by atoms with Crippen molar-refractivity contribution < 1.29 is 28.6 Å². The van der Waals surface area contributed by atoms with E-state index in [0.717, 1.165) is 31.2 Å². The minimum Gasteiger partial charge on any atom is -0.493 e. The molecule has 1 N–H and O–H groups in total. The van der Waals surface area contributed by atoms with Gasteiger partial charge in [0.15, 0.2) is 0 Å². The maximum Gasteiger partial charge on any atom is 0.407 e. The lowest BCUT2D eigenvalue weighted by molar-refractivity contribution is 0.00644. The van der Waals surface area contributed by atoms with Gasteiger partial charge in [0.05, 0.1) is 12.2 Å². The Morgan fingerprint density at radius 1 is 1.25 bits per heavy atom. The topological polar surface area (TPSA) is 76.1 Å². The number of carbonyl (C=O) groups excluding carboxylic acids is 1. The highest BCUT2D eigenvalue weighted by molar-refractivity contribution is 5.90. The number of nitrogens with zero attached hydrogens (tertiary/aromatic N) is 1. The van der Waals surface area contributed by atoms with Gasteiger partial charge in [-0.25, -0.2) is 14.0 Å². The second-order valence-electron chi connectivity index (χ2n) is 8.69. The third-order valence-electron chi connectivity index (χ3n) is 5.00. The fourth-order valence-electron chi connectivity index (χ4n) is 3.48. The SMILES string of the molecule is CC(C)(C)OC(=O)c1cc(C2CC2)c(OCC2CCCN(C(=O)O)C2)cc1F. The molecule has 1 heterocycles. The molecule has 1 amide bonds. The molecule has 0 radical (unpaired) electrons. The summed E-state index contributed by atoms with van der Waals surface area (Å²) in [7, 11) is 0. The molecule has 1 unspecified atom stereocenters. The second-order valence-corrected chi connectivity index (χ2v) is 8.69. The van der Waals surface area contributed by atoms with Crippen LogP contribution < -0.4 is 4.74 Å². The van der Waals surface area contributed by atoms with Crippen LogP contribution in [0.1, 0.15) is 68.3 Å². The standard InChI is InChI=1S/C21H28FNO5/c1-21(2,3)28-19(24)16-9-15(14-6-7-14)18(10-17(16)22)27-12-13-5-4-8-23(11-13)20(25)26/h9-10,13-14H,4-8,11-12H2,1-3H3,(H,25,26). The Morgan fingerprint density at radius 2 is 1.96 bits per heavy atom. The number of benzene rings is 1. The van der Waals surface area contributed by atoms with Crippen LogP contribution in [0.2, 0.25) is 0 Å². The number of amides is 1. The Labute approximate surface area is 164 Å². The number of esters is 1. The molecule has 1 saturated heterocycles. The van der Waals surface area contributed by atoms with E-state index < -0.39 is 23.5 Å². The first-order valence-corrected chi connectivity index (χ1v) is 9.81. The molecule has 2 fully saturated rings. The van der Waals surface area contributed by atoms with Crippen molar-refractivity contribution in [3.8, 4) is 5.75 Å². The van der Waals surface area contributed by atoms with Crippen LogP contribution in [0.3, 0.4) is 0 Å². The van der Waals surface area contributed by atoms with Gasteiger partial charge >= 0.3 is 12.1 Å². The number of ether oxygens (including phenoxy) is 2. The molecule has 1 aliphatic carbocycles. The van der Waals surface area contributed by atoms with Gasteiger partial charge in [-0.1, -0.05) is 0 Å². The van der Waals surface area contributed by atoms with Gasteiger partial charge in [0.1, 0.15) is 17.2 Å². The molecule has 1 atom stereocenters. The van der Waals surface area contributed by atoms with E-state index in [1.54, 1.807) is 26.8 Å². The van der Waals surface area contributed by atoms with E-state index in [1.165, 1.54) is 11.0 Å². The lowest BCUT2D eigenvalue weighted by Crippen LogP contribution is -2.40. The van der Waals surface area contributed by atoms with E-state index in [4.69, 9.17) is 14.6 Å². The molecule has 6 nitrogen and oxygen atoms in total. The van der Waals surface area contributed by atoms with Gasteiger partial charge in [-0.05, 0) is 64.0 Å². The maximum absolute atomic E-state index is 14.6. The fourth-order valence-corrected chi connectivity index (χ4v) is 3.48. The van der Waals surface area contributed by atoms with Crippen LogP contribution in [-0.4, -0.2) is 47.4 Å². The van der Waals surface area contributed by atoms with Gasteiger partial charge in [0, 0.05) is 25.1 Å². The normalized spacial score (nSPS) is 20.0. The Hall–Kier alpha value is -2.31. The quantitative estimate of drug-likeness (QED) is 0.749. The van der Waals surface area contributed by atoms with Gasteiger partial charge in [-0.2, -0.15) is 0 Å². The lowest BCUT2D eigenvalue weighted by atomic mass is 9.99. The number of halogens is 1. The van der Waals surface area contributed by atoms with Gasteiger partial charge in [-0.15, -0.1) is 0 Å². The summed E-state index contributed by atoms with van der Waals surface area (Å²) in [5.74, 6) is -0.559. The zero-order chi connectivity index (χ0) is 20.5. The summed E-state index contributed by atoms with van der Waals surface area (Å²) in [5.41, 5.74) is 0.0576. The summed E-state index contributed by atoms with van der Waals surface area (Å²) in [6, 6.07) is 2.82. The number of rotatable bonds is 5. The van der Waals surface area contributed by atoms with Crippen LogP contribution in [0.5, 0.6) is 5.75 Å². The zero-order valence-electron chi connectivity index (χ0n) is 16.7. The molecule has 7 heteroatoms. The molecule has 0 spiro atoms. The van der Waals surface area contributed by atoms with E-state index in [1.807, 2.05) is 0 Å². The van der Waals surface area contributed by atoms with Crippen molar-refractivity contribution >= 4 is 12.1 Å². The molecular formula is C21H28FNO5. The third-order valence-corrected chi connectivity index (χ3v) is 5.00. The van der Waals surface area contributed by atoms with Gasteiger partial charge in [0.25, 0.3) is 0 Å². The average Bonchev–Trinajstić information content (AvgIpc) is 3.43. The highest BCUT2D eigenvalue weighted by atomic mass is 19.1. The summed E-state index contributed by atoms with van der Waals surface area (Å²) in [5, 5.41) is 9.16. The number of hydrogen-bond donors (Lipinski definition) is 1. The first-order valence-electron chi connectivity index (χ1n) is 9.81. The van der Waals surface area contributed by atoms with Crippen LogP contribution in [0, 0.1) is 11.7 Å². The molecule has 28 heavy (non-hydrogen) atoms. The van der Waals surface area contributed by atoms with Crippen molar-refractivity contribution in [2.45, 2.75) is 58.0 Å². The van der Waals surface area contributed by atoms with E-state index in [0.29, 0.717) is 25.4 Å². The molecular weight excluding hydrogens is 365 g/mol. The van der Waals surface area contributed by atoms with Crippen molar-refractivity contribution in [3.63, 3.8) is 0 Å². The largest absolute Gasteiger partial charge is 0.493 e. The Balaban J connectivity index is 1.73. The average molecular weight is 393 g/mol. The lowest BCUT2D eigenvalue weighted by Gasteiger charge is -2.30. The van der Waals surface area contributed by atoms with Gasteiger partial charge < -0.3 is 19.5 Å². The molecule has 1 aliphatic heterocycles. The van der Waals surface area contributed by atoms with Crippen LogP contribution in [0.4, 0.5) is 9.18 Å². The Kier molecular flexibility index (Phi) is 5.82. The second kappa shape index (κ2) is 7.97. The molecule has 2 aliphatic rings. The summed E-state index contributed by atoms with van der Waals surface area (Å²) in [6.07, 6.45) is 2.71. The van der Waals surface area contributed by atoms with Crippen molar-refractivity contribution in [1.29, 1.82) is 0 Å². The summed E-state index contributed by atoms with van der Waals surface area (Å²) in [6.45, 7) is 6.52. The van der Waals surface area contributed by atoms with Gasteiger partial charge in [-0.3, -0.25) is 0 Å². The molecule has 0 bridgehead atoms. The zero-order valence-corrected chi connectivity index (χ0v) is 16.7. The highest BCUT2D eigenvalue weighted by Crippen LogP contribution is 2.45. The summed E-state index contributed by atoms with van der Waals surface area (Å²) < 4.78 is 25.8. The summed E-state index contributed by atoms with van der Waals surface area (Å²) in [4.78, 5) is 24.9. The van der Waals surface area contributed by atoms with Crippen molar-refractivity contribution in [2.75, 3.05) is 19.7 Å². The fraction of sp³-hybridized carbons (Fsp3) is 0.619. The smallest absolute Gasteiger partial charge is 0.407 e. The van der Waals surface area contributed by atoms with Crippen LogP contribution in [0.15, 0.2) is 12.1 Å². The number of carboxylic acid groups (broad SMARTS) is 1. The van der Waals surface area contributed by atoms with Crippen LogP contribution in [0.25, 0.3) is 0 Å². The number of piperidine rings is 1. The monoisotopic (exact) mass is 393 g/mol. The molecule has 1 aromatic carbocycles. The molecule has 3 rings (SSSR count). The minimum absolute atomic E-state index is 0.0705. The Bertz CT molecular complexity index is 754. The molecule has 154 valence electrons.